The molecule has 4 rings (SSSR count). The Labute approximate surface area is 195 Å². The van der Waals surface area contributed by atoms with Gasteiger partial charge < -0.3 is 23.7 Å². The molecule has 0 bridgehead atoms. The number of nitrogens with zero attached hydrogens (tertiary/aromatic N) is 2. The lowest BCUT2D eigenvalue weighted by Gasteiger charge is -2.33. The van der Waals surface area contributed by atoms with Crippen molar-refractivity contribution in [1.82, 2.24) is 9.80 Å². The summed E-state index contributed by atoms with van der Waals surface area (Å²) in [5, 5.41) is 0.963. The molecule has 6 heteroatoms. The number of carbonyl (C=O) groups excluding carboxylic acids is 1. The number of para-hydroxylation sites is 1. The van der Waals surface area contributed by atoms with E-state index in [1.54, 1.807) is 26.6 Å². The van der Waals surface area contributed by atoms with Gasteiger partial charge in [-0.2, -0.15) is 0 Å². The first-order valence-corrected chi connectivity index (χ1v) is 11.4. The van der Waals surface area contributed by atoms with Crippen molar-refractivity contribution in [2.45, 2.75) is 20.8 Å². The summed E-state index contributed by atoms with van der Waals surface area (Å²) in [5.74, 6) is 1.55. The quantitative estimate of drug-likeness (QED) is 0.497. The molecule has 174 valence electrons. The first-order chi connectivity index (χ1) is 16.0. The van der Waals surface area contributed by atoms with Crippen LogP contribution in [0.5, 0.6) is 11.5 Å². The molecule has 0 saturated carbocycles. The maximum Gasteiger partial charge on any atom is 0.246 e. The third-order valence-corrected chi connectivity index (χ3v) is 6.54. The average molecular weight is 449 g/mol. The lowest BCUT2D eigenvalue weighted by Crippen LogP contribution is -2.48. The summed E-state index contributed by atoms with van der Waals surface area (Å²) in [7, 11) is 3.32. The lowest BCUT2D eigenvalue weighted by molar-refractivity contribution is -0.127. The van der Waals surface area contributed by atoms with E-state index in [2.05, 4.69) is 17.9 Å². The van der Waals surface area contributed by atoms with Crippen LogP contribution in [0.25, 0.3) is 27.7 Å². The van der Waals surface area contributed by atoms with Crippen LogP contribution >= 0.6 is 0 Å². The first-order valence-electron chi connectivity index (χ1n) is 11.4. The van der Waals surface area contributed by atoms with Crippen molar-refractivity contribution in [3.63, 3.8) is 0 Å². The van der Waals surface area contributed by atoms with Crippen LogP contribution in [0.2, 0.25) is 0 Å². The minimum Gasteiger partial charge on any atom is -0.496 e. The molecule has 3 aromatic rings. The van der Waals surface area contributed by atoms with Gasteiger partial charge in [-0.15, -0.1) is 0 Å². The average Bonchev–Trinajstić information content (AvgIpc) is 3.28. The van der Waals surface area contributed by atoms with Gasteiger partial charge in [0.05, 0.1) is 20.5 Å². The number of allylic oxidation sites excluding steroid dienone is 1. The normalized spacial score (nSPS) is 15.2. The van der Waals surface area contributed by atoms with Gasteiger partial charge in [0.25, 0.3) is 0 Å². The largest absolute Gasteiger partial charge is 0.496 e. The highest BCUT2D eigenvalue weighted by atomic mass is 16.5. The number of methoxy groups -OCH3 is 2. The van der Waals surface area contributed by atoms with Gasteiger partial charge in [-0.05, 0) is 38.1 Å². The van der Waals surface area contributed by atoms with Crippen LogP contribution in [0.3, 0.4) is 0 Å². The third-order valence-electron chi connectivity index (χ3n) is 6.54. The summed E-state index contributed by atoms with van der Waals surface area (Å²) in [5.41, 5.74) is 5.34. The molecule has 1 saturated heterocycles. The van der Waals surface area contributed by atoms with Gasteiger partial charge in [-0.1, -0.05) is 25.1 Å². The van der Waals surface area contributed by atoms with Crippen molar-refractivity contribution >= 4 is 22.4 Å². The Hall–Kier alpha value is -3.25. The Balaban J connectivity index is 1.75. The fraction of sp³-hybridized carbons (Fsp3) is 0.370. The molecule has 1 amide bonds. The number of ether oxygens (including phenoxy) is 2. The smallest absolute Gasteiger partial charge is 0.246 e. The molecule has 1 aliphatic rings. The molecule has 0 unspecified atom stereocenters. The zero-order valence-electron chi connectivity index (χ0n) is 20.1. The Kier molecular flexibility index (Phi) is 6.75. The van der Waals surface area contributed by atoms with E-state index in [1.165, 1.54) is 0 Å². The molecule has 0 spiro atoms. The van der Waals surface area contributed by atoms with E-state index < -0.39 is 0 Å². The zero-order chi connectivity index (χ0) is 23.5. The van der Waals surface area contributed by atoms with Crippen molar-refractivity contribution in [2.75, 3.05) is 46.9 Å². The maximum atomic E-state index is 13.0. The van der Waals surface area contributed by atoms with Crippen molar-refractivity contribution in [1.29, 1.82) is 0 Å². The van der Waals surface area contributed by atoms with E-state index in [9.17, 15) is 4.79 Å². The maximum absolute atomic E-state index is 13.0. The monoisotopic (exact) mass is 448 g/mol. The van der Waals surface area contributed by atoms with Gasteiger partial charge >= 0.3 is 0 Å². The third kappa shape index (κ3) is 4.35. The molecule has 0 aliphatic carbocycles. The molecule has 0 N–H and O–H groups in total. The molecule has 0 radical (unpaired) electrons. The van der Waals surface area contributed by atoms with Crippen molar-refractivity contribution in [3.05, 3.63) is 53.8 Å². The Morgan fingerprint density at radius 1 is 1.09 bits per heavy atom. The number of hydrogen-bond acceptors (Lipinski definition) is 5. The topological polar surface area (TPSA) is 55.2 Å². The molecule has 1 fully saturated rings. The van der Waals surface area contributed by atoms with E-state index in [1.807, 2.05) is 43.0 Å². The van der Waals surface area contributed by atoms with Gasteiger partial charge in [-0.3, -0.25) is 4.79 Å². The summed E-state index contributed by atoms with van der Waals surface area (Å²) in [6.07, 6.45) is 3.49. The highest BCUT2D eigenvalue weighted by Crippen LogP contribution is 2.42. The van der Waals surface area contributed by atoms with E-state index in [4.69, 9.17) is 13.9 Å². The summed E-state index contributed by atoms with van der Waals surface area (Å²) >= 11 is 0. The number of amides is 1. The SMILES string of the molecule is CCN1CCN(C(=O)/C=C(\C)c2cc3c(-c4ccccc4OC)coc3c(C)c2OC)CC1. The number of benzene rings is 2. The fourth-order valence-electron chi connectivity index (χ4n) is 4.59. The number of likely N-dealkylation sites (N-methyl/N-ethyl adjacent to an activating group) is 1. The Morgan fingerprint density at radius 3 is 2.48 bits per heavy atom. The Bertz CT molecular complexity index is 1190. The van der Waals surface area contributed by atoms with Crippen LogP contribution in [-0.4, -0.2) is 62.7 Å². The fourth-order valence-corrected chi connectivity index (χ4v) is 4.59. The Morgan fingerprint density at radius 2 is 1.82 bits per heavy atom. The molecule has 33 heavy (non-hydrogen) atoms. The highest BCUT2D eigenvalue weighted by Gasteiger charge is 2.22. The van der Waals surface area contributed by atoms with Crippen LogP contribution in [0.4, 0.5) is 0 Å². The van der Waals surface area contributed by atoms with Crippen molar-refractivity contribution in [2.24, 2.45) is 0 Å². The summed E-state index contributed by atoms with van der Waals surface area (Å²) in [4.78, 5) is 17.3. The van der Waals surface area contributed by atoms with Crippen molar-refractivity contribution in [3.8, 4) is 22.6 Å². The van der Waals surface area contributed by atoms with E-state index in [0.29, 0.717) is 0 Å². The van der Waals surface area contributed by atoms with Gasteiger partial charge in [0, 0.05) is 59.9 Å². The van der Waals surface area contributed by atoms with Crippen molar-refractivity contribution < 1.29 is 18.7 Å². The molecule has 1 aromatic heterocycles. The van der Waals surface area contributed by atoms with Crippen LogP contribution in [0.1, 0.15) is 25.0 Å². The predicted molar refractivity (Wildman–Crippen MR) is 132 cm³/mol. The second-order valence-corrected chi connectivity index (χ2v) is 8.40. The number of furan rings is 1. The molecular formula is C27H32N2O4. The zero-order valence-corrected chi connectivity index (χ0v) is 20.1. The van der Waals surface area contributed by atoms with Gasteiger partial charge in [0.2, 0.25) is 5.91 Å². The predicted octanol–water partition coefficient (Wildman–Crippen LogP) is 4.99. The molecule has 1 aliphatic heterocycles. The molecule has 2 aromatic carbocycles. The number of piperazine rings is 1. The second kappa shape index (κ2) is 9.71. The van der Waals surface area contributed by atoms with Gasteiger partial charge in [0.1, 0.15) is 17.1 Å². The van der Waals surface area contributed by atoms with E-state index in [-0.39, 0.29) is 5.91 Å². The second-order valence-electron chi connectivity index (χ2n) is 8.40. The number of hydrogen-bond donors (Lipinski definition) is 0. The minimum atomic E-state index is 0.0419. The van der Waals surface area contributed by atoms with Crippen LogP contribution in [0.15, 0.2) is 47.1 Å². The standard InChI is InChI=1S/C27H32N2O4/c1-6-28-11-13-29(14-12-28)25(30)15-18(2)21-16-22-23(20-9-7-8-10-24(20)31-4)17-33-27(22)19(3)26(21)32-5/h7-10,15-17H,6,11-14H2,1-5H3/b18-15+. The van der Waals surface area contributed by atoms with Gasteiger partial charge in [-0.25, -0.2) is 0 Å². The molecule has 2 heterocycles. The highest BCUT2D eigenvalue weighted by molar-refractivity contribution is 6.02. The van der Waals surface area contributed by atoms with Crippen LogP contribution in [0, 0.1) is 6.92 Å². The van der Waals surface area contributed by atoms with E-state index >= 15 is 0 Å². The first kappa shape index (κ1) is 22.9. The lowest BCUT2D eigenvalue weighted by atomic mass is 9.96. The molecule has 0 atom stereocenters. The summed E-state index contributed by atoms with van der Waals surface area (Å²) in [6, 6.07) is 9.94. The minimum absolute atomic E-state index is 0.0419. The molecular weight excluding hydrogens is 416 g/mol. The van der Waals surface area contributed by atoms with Crippen LogP contribution in [-0.2, 0) is 4.79 Å². The van der Waals surface area contributed by atoms with E-state index in [0.717, 1.165) is 83.0 Å². The number of rotatable bonds is 6. The number of aryl methyl sites for hydroxylation is 1. The summed E-state index contributed by atoms with van der Waals surface area (Å²) < 4.78 is 17.3. The number of carbonyl (C=O) groups is 1. The van der Waals surface area contributed by atoms with Gasteiger partial charge in [0.15, 0.2) is 0 Å². The number of fused-ring (bicyclic) bond motifs is 1. The van der Waals surface area contributed by atoms with Crippen LogP contribution < -0.4 is 9.47 Å². The summed E-state index contributed by atoms with van der Waals surface area (Å²) in [6.45, 7) is 10.5. The molecule has 6 nitrogen and oxygen atoms in total.